The van der Waals surface area contributed by atoms with E-state index in [1.165, 1.54) is 21.9 Å². The van der Waals surface area contributed by atoms with Crippen molar-refractivity contribution in [2.24, 2.45) is 0 Å². The molecule has 2 heterocycles. The van der Waals surface area contributed by atoms with Crippen LogP contribution in [-0.2, 0) is 4.79 Å². The van der Waals surface area contributed by atoms with Gasteiger partial charge in [0.25, 0.3) is 11.8 Å². The van der Waals surface area contributed by atoms with Crippen LogP contribution in [-0.4, -0.2) is 47.2 Å². The van der Waals surface area contributed by atoms with Crippen LogP contribution in [0.5, 0.6) is 0 Å². The Balaban J connectivity index is 1.77. The Morgan fingerprint density at radius 3 is 2.15 bits per heavy atom. The first-order valence-corrected chi connectivity index (χ1v) is 8.22. The molecule has 3 amide bonds. The number of hydrogen-bond donors (Lipinski definition) is 0. The molecule has 0 aliphatic carbocycles. The summed E-state index contributed by atoms with van der Waals surface area (Å²) in [5.41, 5.74) is 2.18. The number of amides is 3. The number of carbonyl (C=O) groups is 3. The molecule has 0 aromatic heterocycles. The van der Waals surface area contributed by atoms with Crippen LogP contribution in [0.2, 0.25) is 0 Å². The predicted octanol–water partition coefficient (Wildman–Crippen LogP) is 2.35. The Hall–Kier alpha value is -3.28. The number of carbonyl (C=O) groups excluding carboxylic acids is 3. The summed E-state index contributed by atoms with van der Waals surface area (Å²) in [5.74, 6) is -1.12. The minimum atomic E-state index is -0.619. The monoisotopic (exact) mass is 350 g/mol. The first kappa shape index (κ1) is 16.2. The molecule has 6 heteroatoms. The average molecular weight is 350 g/mol. The molecule has 130 valence electrons. The highest BCUT2D eigenvalue weighted by Crippen LogP contribution is 2.32. The molecule has 0 saturated carbocycles. The van der Waals surface area contributed by atoms with Crippen molar-refractivity contribution in [3.63, 3.8) is 0 Å². The summed E-state index contributed by atoms with van der Waals surface area (Å²) in [4.78, 5) is 39.6. The van der Waals surface area contributed by atoms with Crippen molar-refractivity contribution in [1.82, 2.24) is 9.80 Å². The van der Waals surface area contributed by atoms with E-state index in [4.69, 9.17) is 0 Å². The van der Waals surface area contributed by atoms with Gasteiger partial charge in [0.15, 0.2) is 0 Å². The molecule has 5 nitrogen and oxygen atoms in total. The van der Waals surface area contributed by atoms with E-state index in [1.54, 1.807) is 42.5 Å². The minimum Gasteiger partial charge on any atom is -0.339 e. The zero-order chi connectivity index (χ0) is 18.3. The van der Waals surface area contributed by atoms with Gasteiger partial charge in [-0.15, -0.1) is 0 Å². The molecule has 0 radical (unpaired) electrons. The standard InChI is InChI=1S/C20H15FN2O3/c21-14-7-5-13(6-8-14)15-9-10-22(12-24)11-18(15)23-19(25)16-3-1-2-4-17(16)20(23)26/h1-9,12,18H,10-11H2/t18-/m0/s1. The highest BCUT2D eigenvalue weighted by Gasteiger charge is 2.42. The van der Waals surface area contributed by atoms with Crippen LogP contribution in [0, 0.1) is 5.82 Å². The van der Waals surface area contributed by atoms with Crippen molar-refractivity contribution in [2.75, 3.05) is 13.1 Å². The zero-order valence-corrected chi connectivity index (χ0v) is 13.8. The van der Waals surface area contributed by atoms with Gasteiger partial charge in [-0.25, -0.2) is 4.39 Å². The predicted molar refractivity (Wildman–Crippen MR) is 92.7 cm³/mol. The largest absolute Gasteiger partial charge is 0.339 e. The molecular weight excluding hydrogens is 335 g/mol. The maximum Gasteiger partial charge on any atom is 0.262 e. The second-order valence-corrected chi connectivity index (χ2v) is 6.27. The summed E-state index contributed by atoms with van der Waals surface area (Å²) in [6.07, 6.45) is 2.50. The van der Waals surface area contributed by atoms with Gasteiger partial charge >= 0.3 is 0 Å². The number of fused-ring (bicyclic) bond motifs is 1. The van der Waals surface area contributed by atoms with E-state index in [0.717, 1.165) is 11.1 Å². The summed E-state index contributed by atoms with van der Waals surface area (Å²) >= 11 is 0. The summed E-state index contributed by atoms with van der Waals surface area (Å²) in [6, 6.07) is 11.9. The van der Waals surface area contributed by atoms with Crippen LogP contribution in [0.4, 0.5) is 4.39 Å². The number of hydrogen-bond acceptors (Lipinski definition) is 3. The van der Waals surface area contributed by atoms with Gasteiger partial charge < -0.3 is 4.90 Å². The van der Waals surface area contributed by atoms with Crippen LogP contribution in [0.1, 0.15) is 26.3 Å². The van der Waals surface area contributed by atoms with Crippen molar-refractivity contribution in [3.8, 4) is 0 Å². The lowest BCUT2D eigenvalue weighted by Crippen LogP contribution is -2.49. The summed E-state index contributed by atoms with van der Waals surface area (Å²) in [7, 11) is 0. The summed E-state index contributed by atoms with van der Waals surface area (Å²) in [6.45, 7) is 0.577. The molecule has 0 saturated heterocycles. The molecule has 26 heavy (non-hydrogen) atoms. The maximum atomic E-state index is 13.3. The SMILES string of the molecule is O=CN1CC=C(c2ccc(F)cc2)[C@@H](N2C(=O)c3ccccc3C2=O)C1. The topological polar surface area (TPSA) is 57.7 Å². The molecule has 0 bridgehead atoms. The summed E-state index contributed by atoms with van der Waals surface area (Å²) in [5, 5.41) is 0. The van der Waals surface area contributed by atoms with Gasteiger partial charge in [-0.3, -0.25) is 19.3 Å². The van der Waals surface area contributed by atoms with Crippen LogP contribution in [0.3, 0.4) is 0 Å². The second kappa shape index (κ2) is 6.22. The number of imide groups is 1. The molecule has 0 unspecified atom stereocenters. The van der Waals surface area contributed by atoms with Gasteiger partial charge in [-0.1, -0.05) is 30.3 Å². The normalized spacial score (nSPS) is 19.4. The van der Waals surface area contributed by atoms with Gasteiger partial charge in [0, 0.05) is 13.1 Å². The fourth-order valence-electron chi connectivity index (χ4n) is 3.50. The Morgan fingerprint density at radius 1 is 0.962 bits per heavy atom. The van der Waals surface area contributed by atoms with E-state index in [2.05, 4.69) is 0 Å². The Morgan fingerprint density at radius 2 is 1.58 bits per heavy atom. The van der Waals surface area contributed by atoms with Crippen molar-refractivity contribution in [3.05, 3.63) is 77.1 Å². The fraction of sp³-hybridized carbons (Fsp3) is 0.150. The van der Waals surface area contributed by atoms with Gasteiger partial charge in [0.2, 0.25) is 6.41 Å². The van der Waals surface area contributed by atoms with E-state index >= 15 is 0 Å². The van der Waals surface area contributed by atoms with Gasteiger partial charge in [-0.2, -0.15) is 0 Å². The molecule has 2 aliphatic rings. The molecule has 2 aliphatic heterocycles. The number of rotatable bonds is 3. The third kappa shape index (κ3) is 2.50. The summed E-state index contributed by atoms with van der Waals surface area (Å²) < 4.78 is 13.3. The molecule has 0 N–H and O–H groups in total. The zero-order valence-electron chi connectivity index (χ0n) is 13.8. The first-order chi connectivity index (χ1) is 12.6. The lowest BCUT2D eigenvalue weighted by molar-refractivity contribution is -0.118. The Kier molecular flexibility index (Phi) is 3.88. The molecule has 0 spiro atoms. The average Bonchev–Trinajstić information content (AvgIpc) is 2.93. The first-order valence-electron chi connectivity index (χ1n) is 8.22. The molecule has 1 atom stereocenters. The van der Waals surface area contributed by atoms with Crippen LogP contribution in [0.25, 0.3) is 5.57 Å². The van der Waals surface area contributed by atoms with Gasteiger partial charge in [0.1, 0.15) is 5.82 Å². The quantitative estimate of drug-likeness (QED) is 0.631. The van der Waals surface area contributed by atoms with E-state index in [9.17, 15) is 18.8 Å². The van der Waals surface area contributed by atoms with Crippen molar-refractivity contribution in [2.45, 2.75) is 6.04 Å². The highest BCUT2D eigenvalue weighted by molar-refractivity contribution is 6.22. The smallest absolute Gasteiger partial charge is 0.262 e. The lowest BCUT2D eigenvalue weighted by Gasteiger charge is -2.35. The molecule has 2 aromatic carbocycles. The molecule has 0 fully saturated rings. The Bertz CT molecular complexity index is 901. The molecular formula is C20H15FN2O3. The van der Waals surface area contributed by atoms with E-state index in [-0.39, 0.29) is 24.2 Å². The van der Waals surface area contributed by atoms with Gasteiger partial charge in [0.05, 0.1) is 17.2 Å². The van der Waals surface area contributed by atoms with Crippen LogP contribution in [0.15, 0.2) is 54.6 Å². The van der Waals surface area contributed by atoms with Crippen molar-refractivity contribution in [1.29, 1.82) is 0 Å². The third-order valence-corrected chi connectivity index (χ3v) is 4.78. The van der Waals surface area contributed by atoms with Crippen LogP contribution < -0.4 is 0 Å². The van der Waals surface area contributed by atoms with Crippen molar-refractivity contribution < 1.29 is 18.8 Å². The lowest BCUT2D eigenvalue weighted by atomic mass is 9.93. The third-order valence-electron chi connectivity index (χ3n) is 4.78. The minimum absolute atomic E-state index is 0.207. The molecule has 2 aromatic rings. The van der Waals surface area contributed by atoms with E-state index in [0.29, 0.717) is 24.1 Å². The fourth-order valence-corrected chi connectivity index (χ4v) is 3.50. The number of benzene rings is 2. The van der Waals surface area contributed by atoms with E-state index < -0.39 is 6.04 Å². The van der Waals surface area contributed by atoms with E-state index in [1.807, 2.05) is 0 Å². The number of nitrogens with zero attached hydrogens (tertiary/aromatic N) is 2. The maximum absolute atomic E-state index is 13.3. The van der Waals surface area contributed by atoms with Crippen LogP contribution >= 0.6 is 0 Å². The Labute approximate surface area is 149 Å². The van der Waals surface area contributed by atoms with Crippen molar-refractivity contribution >= 4 is 23.8 Å². The number of halogens is 1. The van der Waals surface area contributed by atoms with Gasteiger partial charge in [-0.05, 0) is 35.4 Å². The highest BCUT2D eigenvalue weighted by atomic mass is 19.1. The second-order valence-electron chi connectivity index (χ2n) is 6.27. The molecule has 4 rings (SSSR count).